The van der Waals surface area contributed by atoms with Crippen molar-refractivity contribution in [3.63, 3.8) is 0 Å². The largest absolute Gasteiger partial charge is 0.325 e. The summed E-state index contributed by atoms with van der Waals surface area (Å²) in [7, 11) is 0. The average Bonchev–Trinajstić information content (AvgIpc) is 2.43. The van der Waals surface area contributed by atoms with Crippen molar-refractivity contribution in [2.45, 2.75) is 19.8 Å². The van der Waals surface area contributed by atoms with Crippen LogP contribution in [0.2, 0.25) is 5.02 Å². The van der Waals surface area contributed by atoms with E-state index in [2.05, 4.69) is 5.32 Å². The fourth-order valence-corrected chi connectivity index (χ4v) is 2.64. The van der Waals surface area contributed by atoms with Crippen LogP contribution in [0, 0.1) is 12.8 Å². The molecule has 1 fully saturated rings. The van der Waals surface area contributed by atoms with Gasteiger partial charge in [-0.1, -0.05) is 17.7 Å². The van der Waals surface area contributed by atoms with Crippen molar-refractivity contribution in [3.8, 4) is 0 Å². The maximum atomic E-state index is 12.1. The fraction of sp³-hybridized carbons (Fsp3) is 0.467. The Morgan fingerprint density at radius 3 is 3.10 bits per heavy atom. The van der Waals surface area contributed by atoms with Gasteiger partial charge in [-0.15, -0.1) is 0 Å². The highest BCUT2D eigenvalue weighted by atomic mass is 35.5. The molecule has 1 aliphatic heterocycles. The predicted octanol–water partition coefficient (Wildman–Crippen LogP) is 2.50. The quantitative estimate of drug-likeness (QED) is 0.868. The van der Waals surface area contributed by atoms with Crippen LogP contribution in [0.15, 0.2) is 18.2 Å². The van der Waals surface area contributed by atoms with Gasteiger partial charge in [0.1, 0.15) is 6.29 Å². The Kier molecular flexibility index (Phi) is 5.15. The Morgan fingerprint density at radius 2 is 2.35 bits per heavy atom. The molecule has 0 aliphatic carbocycles. The fourth-order valence-electron chi connectivity index (χ4n) is 2.47. The Morgan fingerprint density at radius 1 is 1.55 bits per heavy atom. The van der Waals surface area contributed by atoms with Crippen LogP contribution >= 0.6 is 11.6 Å². The van der Waals surface area contributed by atoms with E-state index in [1.807, 2.05) is 17.9 Å². The second-order valence-corrected chi connectivity index (χ2v) is 5.72. The highest BCUT2D eigenvalue weighted by Gasteiger charge is 2.21. The zero-order valence-electron chi connectivity index (χ0n) is 11.6. The van der Waals surface area contributed by atoms with E-state index >= 15 is 0 Å². The molecule has 108 valence electrons. The normalized spacial score (nSPS) is 19.6. The first-order valence-electron chi connectivity index (χ1n) is 6.82. The molecule has 1 unspecified atom stereocenters. The van der Waals surface area contributed by atoms with Gasteiger partial charge in [-0.25, -0.2) is 0 Å². The summed E-state index contributed by atoms with van der Waals surface area (Å²) in [6, 6.07) is 5.42. The van der Waals surface area contributed by atoms with Crippen molar-refractivity contribution < 1.29 is 9.59 Å². The van der Waals surface area contributed by atoms with Crippen LogP contribution in [0.4, 0.5) is 5.69 Å². The lowest BCUT2D eigenvalue weighted by Crippen LogP contribution is -2.40. The van der Waals surface area contributed by atoms with Crippen LogP contribution in [0.25, 0.3) is 0 Å². The molecule has 0 spiro atoms. The Bertz CT molecular complexity index is 505. The van der Waals surface area contributed by atoms with E-state index in [1.165, 1.54) is 0 Å². The number of amides is 1. The smallest absolute Gasteiger partial charge is 0.238 e. The molecule has 20 heavy (non-hydrogen) atoms. The van der Waals surface area contributed by atoms with E-state index in [1.54, 1.807) is 12.1 Å². The summed E-state index contributed by atoms with van der Waals surface area (Å²) in [6.07, 6.45) is 2.88. The van der Waals surface area contributed by atoms with Gasteiger partial charge < -0.3 is 10.1 Å². The van der Waals surface area contributed by atoms with Crippen LogP contribution in [0.5, 0.6) is 0 Å². The second-order valence-electron chi connectivity index (χ2n) is 5.28. The third-order valence-electron chi connectivity index (χ3n) is 3.58. The van der Waals surface area contributed by atoms with Gasteiger partial charge in [0, 0.05) is 23.2 Å². The van der Waals surface area contributed by atoms with E-state index in [-0.39, 0.29) is 11.8 Å². The van der Waals surface area contributed by atoms with Crippen LogP contribution in [-0.4, -0.2) is 36.7 Å². The van der Waals surface area contributed by atoms with Crippen molar-refractivity contribution in [3.05, 3.63) is 28.8 Å². The lowest BCUT2D eigenvalue weighted by atomic mass is 10.00. The second kappa shape index (κ2) is 6.86. The molecule has 2 rings (SSSR count). The van der Waals surface area contributed by atoms with Gasteiger partial charge in [0.15, 0.2) is 0 Å². The van der Waals surface area contributed by atoms with E-state index in [4.69, 9.17) is 11.6 Å². The highest BCUT2D eigenvalue weighted by molar-refractivity contribution is 6.31. The highest BCUT2D eigenvalue weighted by Crippen LogP contribution is 2.20. The van der Waals surface area contributed by atoms with Crippen LogP contribution in [-0.2, 0) is 9.59 Å². The third-order valence-corrected chi connectivity index (χ3v) is 3.81. The molecular weight excluding hydrogens is 276 g/mol. The number of anilines is 1. The molecule has 1 N–H and O–H groups in total. The minimum atomic E-state index is -0.0677. The molecule has 1 aromatic rings. The molecule has 0 aromatic heterocycles. The number of nitrogens with zero attached hydrogens (tertiary/aromatic N) is 1. The summed E-state index contributed by atoms with van der Waals surface area (Å²) < 4.78 is 0. The SMILES string of the molecule is Cc1ccc(Cl)cc1NC(=O)CN1CCCC(C=O)C1. The minimum absolute atomic E-state index is 0.0597. The van der Waals surface area contributed by atoms with Crippen molar-refractivity contribution in [1.82, 2.24) is 4.90 Å². The summed E-state index contributed by atoms with van der Waals surface area (Å²) in [5, 5.41) is 3.48. The Labute approximate surface area is 124 Å². The van der Waals surface area contributed by atoms with E-state index in [0.29, 0.717) is 18.1 Å². The van der Waals surface area contributed by atoms with Crippen LogP contribution in [0.1, 0.15) is 18.4 Å². The lowest BCUT2D eigenvalue weighted by molar-refractivity contribution is -0.119. The molecular formula is C15H19ClN2O2. The number of carbonyl (C=O) groups excluding carboxylic acids is 2. The number of carbonyl (C=O) groups is 2. The molecule has 1 atom stereocenters. The number of piperidine rings is 1. The summed E-state index contributed by atoms with van der Waals surface area (Å²) in [4.78, 5) is 24.9. The van der Waals surface area contributed by atoms with Gasteiger partial charge in [-0.3, -0.25) is 9.69 Å². The van der Waals surface area contributed by atoms with Gasteiger partial charge in [0.25, 0.3) is 0 Å². The topological polar surface area (TPSA) is 49.4 Å². The number of aryl methyl sites for hydroxylation is 1. The minimum Gasteiger partial charge on any atom is -0.325 e. The van der Waals surface area contributed by atoms with Gasteiger partial charge in [0.2, 0.25) is 5.91 Å². The number of nitrogens with one attached hydrogen (secondary N) is 1. The molecule has 0 radical (unpaired) electrons. The number of benzene rings is 1. The Balaban J connectivity index is 1.92. The number of hydrogen-bond acceptors (Lipinski definition) is 3. The Hall–Kier alpha value is -1.39. The number of rotatable bonds is 4. The molecule has 5 heteroatoms. The van der Waals surface area contributed by atoms with Gasteiger partial charge in [-0.05, 0) is 44.0 Å². The third kappa shape index (κ3) is 4.05. The molecule has 1 aliphatic rings. The van der Waals surface area contributed by atoms with Gasteiger partial charge in [0.05, 0.1) is 6.54 Å². The summed E-state index contributed by atoms with van der Waals surface area (Å²) in [6.45, 7) is 3.78. The molecule has 0 saturated carbocycles. The summed E-state index contributed by atoms with van der Waals surface area (Å²) in [5.41, 5.74) is 1.72. The number of aldehydes is 1. The maximum Gasteiger partial charge on any atom is 0.238 e. The summed E-state index contributed by atoms with van der Waals surface area (Å²) >= 11 is 5.93. The lowest BCUT2D eigenvalue weighted by Gasteiger charge is -2.29. The van der Waals surface area contributed by atoms with Crippen molar-refractivity contribution in [1.29, 1.82) is 0 Å². The molecule has 1 aromatic carbocycles. The molecule has 1 amide bonds. The van der Waals surface area contributed by atoms with Gasteiger partial charge in [-0.2, -0.15) is 0 Å². The first-order chi connectivity index (χ1) is 9.58. The number of likely N-dealkylation sites (tertiary alicyclic amines) is 1. The van der Waals surface area contributed by atoms with Crippen LogP contribution < -0.4 is 5.32 Å². The van der Waals surface area contributed by atoms with E-state index in [9.17, 15) is 9.59 Å². The zero-order valence-corrected chi connectivity index (χ0v) is 12.3. The van der Waals surface area contributed by atoms with Crippen molar-refractivity contribution >= 4 is 29.5 Å². The standard InChI is InChI=1S/C15H19ClN2O2/c1-11-4-5-13(16)7-14(11)17-15(20)9-18-6-2-3-12(8-18)10-19/h4-5,7,10,12H,2-3,6,8-9H2,1H3,(H,17,20). The molecule has 4 nitrogen and oxygen atoms in total. The monoisotopic (exact) mass is 294 g/mol. The number of hydrogen-bond donors (Lipinski definition) is 1. The van der Waals surface area contributed by atoms with E-state index < -0.39 is 0 Å². The maximum absolute atomic E-state index is 12.1. The molecule has 1 saturated heterocycles. The number of halogens is 1. The summed E-state index contributed by atoms with van der Waals surface area (Å²) in [5.74, 6) is -0.00799. The molecule has 0 bridgehead atoms. The first-order valence-corrected chi connectivity index (χ1v) is 7.20. The van der Waals surface area contributed by atoms with Crippen molar-refractivity contribution in [2.75, 3.05) is 25.0 Å². The van der Waals surface area contributed by atoms with Gasteiger partial charge >= 0.3 is 0 Å². The molecule has 1 heterocycles. The van der Waals surface area contributed by atoms with E-state index in [0.717, 1.165) is 36.9 Å². The van der Waals surface area contributed by atoms with Crippen molar-refractivity contribution in [2.24, 2.45) is 5.92 Å². The zero-order chi connectivity index (χ0) is 14.5. The average molecular weight is 295 g/mol. The van der Waals surface area contributed by atoms with Crippen LogP contribution in [0.3, 0.4) is 0 Å². The predicted molar refractivity (Wildman–Crippen MR) is 80.0 cm³/mol. The first kappa shape index (κ1) is 15.0.